The number of amides is 2. The summed E-state index contributed by atoms with van der Waals surface area (Å²) in [7, 11) is 1.90. The van der Waals surface area contributed by atoms with Crippen molar-refractivity contribution in [2.24, 2.45) is 7.05 Å². The van der Waals surface area contributed by atoms with Gasteiger partial charge in [0, 0.05) is 44.3 Å². The van der Waals surface area contributed by atoms with Crippen LogP contribution in [0.2, 0.25) is 0 Å². The first-order valence-corrected chi connectivity index (χ1v) is 9.38. The highest BCUT2D eigenvalue weighted by Crippen LogP contribution is 2.25. The molecular formula is C20H28FN5O. The van der Waals surface area contributed by atoms with Gasteiger partial charge in [0.2, 0.25) is 0 Å². The van der Waals surface area contributed by atoms with E-state index in [0.717, 1.165) is 31.6 Å². The van der Waals surface area contributed by atoms with Gasteiger partial charge in [-0.25, -0.2) is 9.18 Å². The minimum atomic E-state index is -0.489. The van der Waals surface area contributed by atoms with Crippen LogP contribution >= 0.6 is 0 Å². The number of hydrogen-bond acceptors (Lipinski definition) is 3. The van der Waals surface area contributed by atoms with Crippen LogP contribution in [-0.2, 0) is 12.5 Å². The largest absolute Gasteiger partial charge is 0.367 e. The smallest absolute Gasteiger partial charge is 0.315 e. The zero-order valence-electron chi connectivity index (χ0n) is 16.2. The van der Waals surface area contributed by atoms with Crippen LogP contribution in [-0.4, -0.2) is 41.5 Å². The molecule has 2 amide bonds. The van der Waals surface area contributed by atoms with Gasteiger partial charge in [0.25, 0.3) is 0 Å². The molecule has 2 heterocycles. The molecule has 1 aliphatic heterocycles. The normalized spacial score (nSPS) is 17.6. The summed E-state index contributed by atoms with van der Waals surface area (Å²) in [5, 5.41) is 10.2. The second-order valence-electron chi connectivity index (χ2n) is 7.85. The maximum absolute atomic E-state index is 14.0. The number of urea groups is 1. The van der Waals surface area contributed by atoms with E-state index in [1.165, 1.54) is 6.07 Å². The molecule has 1 unspecified atom stereocenters. The summed E-state index contributed by atoms with van der Waals surface area (Å²) in [4.78, 5) is 14.6. The van der Waals surface area contributed by atoms with Crippen molar-refractivity contribution in [3.63, 3.8) is 0 Å². The number of carbonyl (C=O) groups is 1. The van der Waals surface area contributed by atoms with E-state index >= 15 is 0 Å². The van der Waals surface area contributed by atoms with Crippen LogP contribution in [0.15, 0.2) is 36.7 Å². The van der Waals surface area contributed by atoms with Gasteiger partial charge in [-0.15, -0.1) is 0 Å². The molecular weight excluding hydrogens is 345 g/mol. The van der Waals surface area contributed by atoms with E-state index < -0.39 is 5.41 Å². The molecule has 1 aromatic carbocycles. The van der Waals surface area contributed by atoms with E-state index in [0.29, 0.717) is 12.1 Å². The molecule has 0 spiro atoms. The zero-order valence-corrected chi connectivity index (χ0v) is 16.2. The molecule has 1 fully saturated rings. The lowest BCUT2D eigenvalue weighted by atomic mass is 9.84. The fourth-order valence-corrected chi connectivity index (χ4v) is 3.54. The first-order chi connectivity index (χ1) is 12.8. The van der Waals surface area contributed by atoms with Gasteiger partial charge in [-0.3, -0.25) is 4.68 Å². The predicted molar refractivity (Wildman–Crippen MR) is 104 cm³/mol. The highest BCUT2D eigenvalue weighted by molar-refractivity contribution is 5.74. The van der Waals surface area contributed by atoms with Crippen molar-refractivity contribution in [1.82, 2.24) is 20.4 Å². The third kappa shape index (κ3) is 4.78. The number of halogens is 1. The van der Waals surface area contributed by atoms with Gasteiger partial charge in [0.1, 0.15) is 5.82 Å². The molecule has 1 atom stereocenters. The van der Waals surface area contributed by atoms with E-state index in [4.69, 9.17) is 0 Å². The molecule has 1 aromatic heterocycles. The van der Waals surface area contributed by atoms with Crippen LogP contribution in [0.1, 0.15) is 32.3 Å². The van der Waals surface area contributed by atoms with Crippen molar-refractivity contribution < 1.29 is 9.18 Å². The van der Waals surface area contributed by atoms with Gasteiger partial charge >= 0.3 is 6.03 Å². The molecule has 2 aromatic rings. The van der Waals surface area contributed by atoms with Gasteiger partial charge in [-0.2, -0.15) is 5.10 Å². The SMILES string of the molecule is Cn1cc(N2CCCC(NC(=O)NCC(C)(C)c3ccccc3F)C2)cn1. The number of benzene rings is 1. The Hall–Kier alpha value is -2.57. The minimum Gasteiger partial charge on any atom is -0.367 e. The Morgan fingerprint density at radius 2 is 2.15 bits per heavy atom. The first kappa shape index (κ1) is 19.2. The summed E-state index contributed by atoms with van der Waals surface area (Å²) in [6.45, 7) is 5.94. The predicted octanol–water partition coefficient (Wildman–Crippen LogP) is 2.81. The lowest BCUT2D eigenvalue weighted by molar-refractivity contribution is 0.232. The van der Waals surface area contributed by atoms with Crippen molar-refractivity contribution in [3.8, 4) is 0 Å². The van der Waals surface area contributed by atoms with Crippen molar-refractivity contribution in [2.45, 2.75) is 38.1 Å². The van der Waals surface area contributed by atoms with Gasteiger partial charge in [-0.1, -0.05) is 32.0 Å². The number of nitrogens with zero attached hydrogens (tertiary/aromatic N) is 3. The molecule has 2 N–H and O–H groups in total. The van der Waals surface area contributed by atoms with Crippen LogP contribution < -0.4 is 15.5 Å². The van der Waals surface area contributed by atoms with Crippen molar-refractivity contribution >= 4 is 11.7 Å². The first-order valence-electron chi connectivity index (χ1n) is 9.38. The molecule has 1 saturated heterocycles. The lowest BCUT2D eigenvalue weighted by Gasteiger charge is -2.34. The monoisotopic (exact) mass is 373 g/mol. The molecule has 1 aliphatic rings. The third-order valence-electron chi connectivity index (χ3n) is 5.11. The van der Waals surface area contributed by atoms with E-state index in [9.17, 15) is 9.18 Å². The average molecular weight is 373 g/mol. The van der Waals surface area contributed by atoms with E-state index in [2.05, 4.69) is 20.6 Å². The number of aryl methyl sites for hydroxylation is 1. The fourth-order valence-electron chi connectivity index (χ4n) is 3.54. The van der Waals surface area contributed by atoms with Crippen molar-refractivity contribution in [3.05, 3.63) is 48.0 Å². The number of carbonyl (C=O) groups excluding carboxylic acids is 1. The summed E-state index contributed by atoms with van der Waals surface area (Å²) in [6, 6.07) is 6.57. The summed E-state index contributed by atoms with van der Waals surface area (Å²) >= 11 is 0. The number of anilines is 1. The lowest BCUT2D eigenvalue weighted by Crippen LogP contribution is -2.52. The fraction of sp³-hybridized carbons (Fsp3) is 0.500. The molecule has 0 radical (unpaired) electrons. The van der Waals surface area contributed by atoms with Crippen LogP contribution in [0.5, 0.6) is 0 Å². The second-order valence-corrected chi connectivity index (χ2v) is 7.85. The number of piperidine rings is 1. The Balaban J connectivity index is 1.52. The Bertz CT molecular complexity index is 788. The van der Waals surface area contributed by atoms with Gasteiger partial charge in [-0.05, 0) is 24.5 Å². The van der Waals surface area contributed by atoms with Crippen LogP contribution in [0.3, 0.4) is 0 Å². The average Bonchev–Trinajstić information content (AvgIpc) is 3.07. The highest BCUT2D eigenvalue weighted by Gasteiger charge is 2.26. The quantitative estimate of drug-likeness (QED) is 0.847. The Labute approximate surface area is 159 Å². The molecule has 27 heavy (non-hydrogen) atoms. The molecule has 0 aliphatic carbocycles. The Morgan fingerprint density at radius 1 is 1.37 bits per heavy atom. The Morgan fingerprint density at radius 3 is 2.85 bits per heavy atom. The van der Waals surface area contributed by atoms with Crippen molar-refractivity contribution in [1.29, 1.82) is 0 Å². The number of nitrogens with one attached hydrogen (secondary N) is 2. The summed E-state index contributed by atoms with van der Waals surface area (Å²) < 4.78 is 15.8. The number of hydrogen-bond donors (Lipinski definition) is 2. The molecule has 3 rings (SSSR count). The zero-order chi connectivity index (χ0) is 19.4. The second kappa shape index (κ2) is 7.98. The molecule has 6 nitrogen and oxygen atoms in total. The van der Waals surface area contributed by atoms with Gasteiger partial charge in [0.05, 0.1) is 11.9 Å². The highest BCUT2D eigenvalue weighted by atomic mass is 19.1. The molecule has 0 bridgehead atoms. The maximum Gasteiger partial charge on any atom is 0.315 e. The van der Waals surface area contributed by atoms with E-state index in [1.807, 2.05) is 39.4 Å². The van der Waals surface area contributed by atoms with Crippen molar-refractivity contribution in [2.75, 3.05) is 24.5 Å². The Kier molecular flexibility index (Phi) is 5.68. The molecule has 7 heteroatoms. The summed E-state index contributed by atoms with van der Waals surface area (Å²) in [5.41, 5.74) is 1.19. The number of aromatic nitrogens is 2. The van der Waals surface area contributed by atoms with E-state index in [-0.39, 0.29) is 17.9 Å². The summed E-state index contributed by atoms with van der Waals surface area (Å²) in [5.74, 6) is -0.246. The van der Waals surface area contributed by atoms with Crippen LogP contribution in [0.25, 0.3) is 0 Å². The van der Waals surface area contributed by atoms with Crippen LogP contribution in [0, 0.1) is 5.82 Å². The van der Waals surface area contributed by atoms with Gasteiger partial charge in [0.15, 0.2) is 0 Å². The third-order valence-corrected chi connectivity index (χ3v) is 5.11. The van der Waals surface area contributed by atoms with Crippen LogP contribution in [0.4, 0.5) is 14.9 Å². The van der Waals surface area contributed by atoms with Gasteiger partial charge < -0.3 is 15.5 Å². The molecule has 0 saturated carbocycles. The maximum atomic E-state index is 14.0. The topological polar surface area (TPSA) is 62.2 Å². The molecule has 146 valence electrons. The summed E-state index contributed by atoms with van der Waals surface area (Å²) in [6.07, 6.45) is 5.79. The standard InChI is InChI=1S/C20H28FN5O/c1-20(2,17-8-4-5-9-18(17)21)14-22-19(27)24-15-7-6-10-26(12-15)16-11-23-25(3)13-16/h4-5,8-9,11,13,15H,6-7,10,12,14H2,1-3H3,(H2,22,24,27). The van der Waals surface area contributed by atoms with E-state index in [1.54, 1.807) is 16.8 Å². The minimum absolute atomic E-state index is 0.0792. The number of rotatable bonds is 5.